The van der Waals surface area contributed by atoms with E-state index in [1.165, 1.54) is 0 Å². The van der Waals surface area contributed by atoms with E-state index in [1.807, 2.05) is 24.3 Å². The van der Waals surface area contributed by atoms with E-state index in [-0.39, 0.29) is 0 Å². The fraction of sp³-hybridized carbons (Fsp3) is 0.364. The molecule has 0 aliphatic rings. The summed E-state index contributed by atoms with van der Waals surface area (Å²) in [6, 6.07) is 7.58. The van der Waals surface area contributed by atoms with E-state index in [4.69, 9.17) is 4.74 Å². The van der Waals surface area contributed by atoms with Crippen LogP contribution >= 0.6 is 0 Å². The lowest BCUT2D eigenvalue weighted by atomic mass is 10.3. The van der Waals surface area contributed by atoms with Gasteiger partial charge in [0.15, 0.2) is 0 Å². The van der Waals surface area contributed by atoms with Crippen LogP contribution in [0.1, 0.15) is 13.3 Å². The Hall–Kier alpha value is -1.51. The lowest BCUT2D eigenvalue weighted by Crippen LogP contribution is -2.01. The van der Waals surface area contributed by atoms with Crippen LogP contribution in [0.15, 0.2) is 24.3 Å². The van der Waals surface area contributed by atoms with Crippen LogP contribution in [0.25, 0.3) is 0 Å². The average molecular weight is 193 g/mol. The molecule has 1 aromatic rings. The Balaban J connectivity index is 2.46. The third-order valence-corrected chi connectivity index (χ3v) is 1.72. The molecular formula is C11H15NO2. The quantitative estimate of drug-likeness (QED) is 0.703. The summed E-state index contributed by atoms with van der Waals surface area (Å²) < 4.78 is 5.42. The first-order valence-electron chi connectivity index (χ1n) is 4.77. The van der Waals surface area contributed by atoms with Gasteiger partial charge in [-0.2, -0.15) is 0 Å². The number of benzene rings is 1. The molecule has 0 atom stereocenters. The van der Waals surface area contributed by atoms with Crippen molar-refractivity contribution in [3.8, 4) is 5.75 Å². The van der Waals surface area contributed by atoms with Crippen molar-refractivity contribution in [3.63, 3.8) is 0 Å². The first-order valence-corrected chi connectivity index (χ1v) is 4.77. The summed E-state index contributed by atoms with van der Waals surface area (Å²) in [5.41, 5.74) is 0.931. The molecule has 1 aromatic carbocycles. The van der Waals surface area contributed by atoms with Crippen LogP contribution in [0.5, 0.6) is 5.75 Å². The third kappa shape index (κ3) is 3.47. The zero-order chi connectivity index (χ0) is 10.2. The van der Waals surface area contributed by atoms with Gasteiger partial charge >= 0.3 is 0 Å². The van der Waals surface area contributed by atoms with Crippen LogP contribution in [0.2, 0.25) is 0 Å². The lowest BCUT2D eigenvalue weighted by molar-refractivity contribution is -0.106. The van der Waals surface area contributed by atoms with Crippen LogP contribution in [0, 0.1) is 0 Å². The maximum atomic E-state index is 10.1. The molecule has 0 fully saturated rings. The van der Waals surface area contributed by atoms with Gasteiger partial charge in [-0.1, -0.05) is 6.92 Å². The van der Waals surface area contributed by atoms with Gasteiger partial charge in [0.05, 0.1) is 13.2 Å². The molecule has 14 heavy (non-hydrogen) atoms. The number of hydrogen-bond acceptors (Lipinski definition) is 3. The minimum Gasteiger partial charge on any atom is -0.494 e. The van der Waals surface area contributed by atoms with Crippen LogP contribution in [0.4, 0.5) is 5.69 Å². The van der Waals surface area contributed by atoms with Crippen LogP contribution in [-0.2, 0) is 4.79 Å². The summed E-state index contributed by atoms with van der Waals surface area (Å²) in [6.45, 7) is 3.15. The van der Waals surface area contributed by atoms with Gasteiger partial charge in [0, 0.05) is 5.69 Å². The standard InChI is InChI=1S/C11H15NO2/c1-2-9-14-11-5-3-10(4-6-11)12-7-8-13/h3-6,8,12H,2,7,9H2,1H3. The molecule has 0 saturated heterocycles. The number of anilines is 1. The van der Waals surface area contributed by atoms with E-state index >= 15 is 0 Å². The van der Waals surface area contributed by atoms with Crippen LogP contribution in [0.3, 0.4) is 0 Å². The van der Waals surface area contributed by atoms with E-state index in [0.717, 1.165) is 30.8 Å². The number of carbonyl (C=O) groups is 1. The topological polar surface area (TPSA) is 38.3 Å². The Morgan fingerprint density at radius 1 is 1.36 bits per heavy atom. The zero-order valence-corrected chi connectivity index (χ0v) is 8.32. The number of ether oxygens (including phenoxy) is 1. The van der Waals surface area contributed by atoms with Crippen molar-refractivity contribution >= 4 is 12.0 Å². The number of carbonyl (C=O) groups excluding carboxylic acids is 1. The van der Waals surface area contributed by atoms with Crippen molar-refractivity contribution < 1.29 is 9.53 Å². The summed E-state index contributed by atoms with van der Waals surface area (Å²) in [5.74, 6) is 0.864. The number of rotatable bonds is 6. The monoisotopic (exact) mass is 193 g/mol. The van der Waals surface area contributed by atoms with Crippen molar-refractivity contribution in [1.29, 1.82) is 0 Å². The minimum absolute atomic E-state index is 0.342. The average Bonchev–Trinajstić information content (AvgIpc) is 2.25. The molecule has 0 heterocycles. The number of hydrogen-bond donors (Lipinski definition) is 1. The van der Waals surface area contributed by atoms with Gasteiger partial charge in [-0.3, -0.25) is 0 Å². The largest absolute Gasteiger partial charge is 0.494 e. The first-order chi connectivity index (χ1) is 6.86. The second-order valence-electron chi connectivity index (χ2n) is 2.92. The SMILES string of the molecule is CCCOc1ccc(NCC=O)cc1. The molecule has 76 valence electrons. The third-order valence-electron chi connectivity index (χ3n) is 1.72. The molecule has 0 spiro atoms. The highest BCUT2D eigenvalue weighted by Gasteiger charge is 1.93. The maximum absolute atomic E-state index is 10.1. The smallest absolute Gasteiger partial charge is 0.139 e. The van der Waals surface area contributed by atoms with Gasteiger partial charge in [-0.15, -0.1) is 0 Å². The van der Waals surface area contributed by atoms with Crippen LogP contribution in [-0.4, -0.2) is 19.4 Å². The molecule has 3 heteroatoms. The van der Waals surface area contributed by atoms with Gasteiger partial charge < -0.3 is 14.8 Å². The molecule has 0 aliphatic heterocycles. The minimum atomic E-state index is 0.342. The summed E-state index contributed by atoms with van der Waals surface area (Å²) in [5, 5.41) is 2.95. The van der Waals surface area contributed by atoms with Gasteiger partial charge in [-0.05, 0) is 30.7 Å². The van der Waals surface area contributed by atoms with E-state index in [0.29, 0.717) is 6.54 Å². The van der Waals surface area contributed by atoms with E-state index < -0.39 is 0 Å². The fourth-order valence-electron chi connectivity index (χ4n) is 1.05. The Morgan fingerprint density at radius 3 is 2.64 bits per heavy atom. The normalized spacial score (nSPS) is 9.50. The molecule has 0 bridgehead atoms. The lowest BCUT2D eigenvalue weighted by Gasteiger charge is -2.06. The Bertz CT molecular complexity index is 269. The van der Waals surface area contributed by atoms with Gasteiger partial charge in [-0.25, -0.2) is 0 Å². The Kier molecular flexibility index (Phi) is 4.55. The summed E-state index contributed by atoms with van der Waals surface area (Å²) in [4.78, 5) is 10.1. The molecule has 3 nitrogen and oxygen atoms in total. The molecular weight excluding hydrogens is 178 g/mol. The molecule has 0 unspecified atom stereocenters. The predicted molar refractivity (Wildman–Crippen MR) is 56.8 cm³/mol. The molecule has 1 N–H and O–H groups in total. The molecule has 1 rings (SSSR count). The molecule has 0 aromatic heterocycles. The van der Waals surface area contributed by atoms with E-state index in [2.05, 4.69) is 12.2 Å². The van der Waals surface area contributed by atoms with Crippen molar-refractivity contribution in [1.82, 2.24) is 0 Å². The second kappa shape index (κ2) is 6.02. The zero-order valence-electron chi connectivity index (χ0n) is 8.32. The maximum Gasteiger partial charge on any atom is 0.139 e. The molecule has 0 amide bonds. The van der Waals surface area contributed by atoms with Gasteiger partial charge in [0.2, 0.25) is 0 Å². The van der Waals surface area contributed by atoms with E-state index in [9.17, 15) is 4.79 Å². The number of aldehydes is 1. The number of nitrogens with one attached hydrogen (secondary N) is 1. The summed E-state index contributed by atoms with van der Waals surface area (Å²) in [6.07, 6.45) is 1.84. The van der Waals surface area contributed by atoms with Crippen molar-refractivity contribution in [3.05, 3.63) is 24.3 Å². The molecule has 0 aliphatic carbocycles. The second-order valence-corrected chi connectivity index (χ2v) is 2.92. The Labute approximate surface area is 84.1 Å². The van der Waals surface area contributed by atoms with Gasteiger partial charge in [0.1, 0.15) is 12.0 Å². The van der Waals surface area contributed by atoms with Crippen molar-refractivity contribution in [2.45, 2.75) is 13.3 Å². The predicted octanol–water partition coefficient (Wildman–Crippen LogP) is 2.09. The highest BCUT2D eigenvalue weighted by Crippen LogP contribution is 2.15. The summed E-state index contributed by atoms with van der Waals surface area (Å²) >= 11 is 0. The fourth-order valence-corrected chi connectivity index (χ4v) is 1.05. The highest BCUT2D eigenvalue weighted by molar-refractivity contribution is 5.59. The van der Waals surface area contributed by atoms with Crippen LogP contribution < -0.4 is 10.1 Å². The highest BCUT2D eigenvalue weighted by atomic mass is 16.5. The first kappa shape index (κ1) is 10.6. The van der Waals surface area contributed by atoms with Crippen molar-refractivity contribution in [2.75, 3.05) is 18.5 Å². The summed E-state index contributed by atoms with van der Waals surface area (Å²) in [7, 11) is 0. The van der Waals surface area contributed by atoms with Gasteiger partial charge in [0.25, 0.3) is 0 Å². The van der Waals surface area contributed by atoms with Crippen molar-refractivity contribution in [2.24, 2.45) is 0 Å². The van der Waals surface area contributed by atoms with E-state index in [1.54, 1.807) is 0 Å². The Morgan fingerprint density at radius 2 is 2.07 bits per heavy atom. The molecule has 0 radical (unpaired) electrons. The molecule has 0 saturated carbocycles.